The van der Waals surface area contributed by atoms with Crippen molar-refractivity contribution in [3.63, 3.8) is 0 Å². The number of carbonyl (C=O) groups excluding carboxylic acids is 2. The third-order valence-corrected chi connectivity index (χ3v) is 2.49. The summed E-state index contributed by atoms with van der Waals surface area (Å²) in [6.45, 7) is 5.08. The third-order valence-electron chi connectivity index (χ3n) is 2.49. The quantitative estimate of drug-likeness (QED) is 0.585. The molecule has 1 aromatic rings. The van der Waals surface area contributed by atoms with E-state index in [2.05, 4.69) is 15.6 Å². The lowest BCUT2D eigenvalue weighted by Gasteiger charge is -2.05. The molecule has 1 heterocycles. The Morgan fingerprint density at radius 3 is 2.70 bits per heavy atom. The van der Waals surface area contributed by atoms with Crippen LogP contribution in [-0.4, -0.2) is 29.9 Å². The van der Waals surface area contributed by atoms with E-state index in [0.29, 0.717) is 31.0 Å². The zero-order chi connectivity index (χ0) is 14.8. The highest BCUT2D eigenvalue weighted by Gasteiger charge is 2.03. The van der Waals surface area contributed by atoms with Gasteiger partial charge in [0.25, 0.3) is 5.91 Å². The van der Waals surface area contributed by atoms with Gasteiger partial charge in [-0.3, -0.25) is 14.6 Å². The maximum absolute atomic E-state index is 11.7. The molecule has 1 aromatic heterocycles. The first kappa shape index (κ1) is 15.9. The fourth-order valence-electron chi connectivity index (χ4n) is 1.44. The molecule has 108 valence electrons. The van der Waals surface area contributed by atoms with Gasteiger partial charge in [0.1, 0.15) is 0 Å². The number of pyridine rings is 1. The lowest BCUT2D eigenvalue weighted by molar-refractivity contribution is -0.116. The predicted octanol–water partition coefficient (Wildman–Crippen LogP) is 1.53. The number of aromatic nitrogens is 1. The van der Waals surface area contributed by atoms with Crippen molar-refractivity contribution >= 4 is 11.8 Å². The smallest absolute Gasteiger partial charge is 0.252 e. The third kappa shape index (κ3) is 6.68. The molecule has 0 atom stereocenters. The van der Waals surface area contributed by atoms with E-state index in [4.69, 9.17) is 0 Å². The van der Waals surface area contributed by atoms with E-state index in [1.54, 1.807) is 24.4 Å². The Morgan fingerprint density at radius 2 is 2.05 bits per heavy atom. The van der Waals surface area contributed by atoms with E-state index in [1.807, 2.05) is 19.9 Å². The molecule has 0 bridgehead atoms. The van der Waals surface area contributed by atoms with Crippen molar-refractivity contribution in [3.8, 4) is 0 Å². The van der Waals surface area contributed by atoms with Crippen molar-refractivity contribution in [1.29, 1.82) is 0 Å². The van der Waals surface area contributed by atoms with Crippen molar-refractivity contribution in [3.05, 3.63) is 42.2 Å². The first-order valence-corrected chi connectivity index (χ1v) is 6.74. The van der Waals surface area contributed by atoms with Crippen LogP contribution in [0.25, 0.3) is 0 Å². The first-order chi connectivity index (χ1) is 9.59. The molecule has 0 radical (unpaired) electrons. The number of rotatable bonds is 7. The van der Waals surface area contributed by atoms with Crippen LogP contribution >= 0.6 is 0 Å². The van der Waals surface area contributed by atoms with Gasteiger partial charge in [-0.1, -0.05) is 19.9 Å². The fourth-order valence-corrected chi connectivity index (χ4v) is 1.44. The fraction of sp³-hybridized carbons (Fsp3) is 0.400. The number of nitrogens with one attached hydrogen (secondary N) is 2. The predicted molar refractivity (Wildman–Crippen MR) is 78.2 cm³/mol. The van der Waals surface area contributed by atoms with Crippen LogP contribution < -0.4 is 10.6 Å². The summed E-state index contributed by atoms with van der Waals surface area (Å²) in [6, 6.07) is 3.43. The number of carbonyl (C=O) groups is 2. The summed E-state index contributed by atoms with van der Waals surface area (Å²) in [5, 5.41) is 5.54. The van der Waals surface area contributed by atoms with Gasteiger partial charge in [0.15, 0.2) is 0 Å². The average Bonchev–Trinajstić information content (AvgIpc) is 2.45. The molecule has 0 fully saturated rings. The van der Waals surface area contributed by atoms with Crippen LogP contribution in [0.2, 0.25) is 0 Å². The van der Waals surface area contributed by atoms with Crippen molar-refractivity contribution < 1.29 is 9.59 Å². The molecule has 1 rings (SSSR count). The van der Waals surface area contributed by atoms with E-state index in [9.17, 15) is 9.59 Å². The molecule has 0 aliphatic carbocycles. The van der Waals surface area contributed by atoms with E-state index < -0.39 is 0 Å². The Bertz CT molecular complexity index is 455. The molecule has 0 saturated carbocycles. The van der Waals surface area contributed by atoms with Crippen LogP contribution in [0.1, 0.15) is 30.6 Å². The highest BCUT2D eigenvalue weighted by atomic mass is 16.2. The van der Waals surface area contributed by atoms with E-state index in [1.165, 1.54) is 6.20 Å². The van der Waals surface area contributed by atoms with Gasteiger partial charge < -0.3 is 10.6 Å². The molecule has 0 aliphatic rings. The molecule has 20 heavy (non-hydrogen) atoms. The zero-order valence-corrected chi connectivity index (χ0v) is 11.9. The minimum atomic E-state index is -0.149. The molecule has 0 unspecified atom stereocenters. The topological polar surface area (TPSA) is 71.1 Å². The second-order valence-corrected chi connectivity index (χ2v) is 4.75. The van der Waals surface area contributed by atoms with E-state index >= 15 is 0 Å². The summed E-state index contributed by atoms with van der Waals surface area (Å²) in [5.74, 6) is 0.112. The molecule has 5 heteroatoms. The van der Waals surface area contributed by atoms with E-state index in [0.717, 1.165) is 0 Å². The second-order valence-electron chi connectivity index (χ2n) is 4.75. The van der Waals surface area contributed by atoms with Gasteiger partial charge in [0.05, 0.1) is 5.56 Å². The Morgan fingerprint density at radius 1 is 1.30 bits per heavy atom. The molecular formula is C15H21N3O2. The van der Waals surface area contributed by atoms with Crippen LogP contribution in [-0.2, 0) is 4.79 Å². The molecule has 0 spiro atoms. The summed E-state index contributed by atoms with van der Waals surface area (Å²) < 4.78 is 0. The van der Waals surface area contributed by atoms with Crippen LogP contribution in [0.3, 0.4) is 0 Å². The van der Waals surface area contributed by atoms with Crippen molar-refractivity contribution in [2.24, 2.45) is 5.92 Å². The summed E-state index contributed by atoms with van der Waals surface area (Å²) in [6.07, 6.45) is 7.22. The van der Waals surface area contributed by atoms with Gasteiger partial charge in [0, 0.05) is 25.5 Å². The van der Waals surface area contributed by atoms with Crippen molar-refractivity contribution in [2.75, 3.05) is 13.1 Å². The number of allylic oxidation sites excluding steroid dienone is 1. The highest BCUT2D eigenvalue weighted by molar-refractivity contribution is 5.93. The molecule has 0 saturated heterocycles. The zero-order valence-electron chi connectivity index (χ0n) is 11.9. The molecular weight excluding hydrogens is 254 g/mol. The summed E-state index contributed by atoms with van der Waals surface area (Å²) in [5.41, 5.74) is 0.538. The van der Waals surface area contributed by atoms with Crippen molar-refractivity contribution in [2.45, 2.75) is 20.3 Å². The van der Waals surface area contributed by atoms with Gasteiger partial charge in [-0.15, -0.1) is 0 Å². The monoisotopic (exact) mass is 275 g/mol. The van der Waals surface area contributed by atoms with Crippen LogP contribution in [0.4, 0.5) is 0 Å². The summed E-state index contributed by atoms with van der Waals surface area (Å²) in [4.78, 5) is 26.9. The second kappa shape index (κ2) is 8.85. The first-order valence-electron chi connectivity index (χ1n) is 6.74. The number of hydrogen-bond acceptors (Lipinski definition) is 3. The Hall–Kier alpha value is -2.17. The molecule has 5 nitrogen and oxygen atoms in total. The molecule has 2 amide bonds. The Balaban J connectivity index is 2.14. The minimum Gasteiger partial charge on any atom is -0.352 e. The largest absolute Gasteiger partial charge is 0.352 e. The average molecular weight is 275 g/mol. The summed E-state index contributed by atoms with van der Waals surface area (Å²) in [7, 11) is 0. The maximum atomic E-state index is 11.7. The molecule has 0 aromatic carbocycles. The molecule has 2 N–H and O–H groups in total. The van der Waals surface area contributed by atoms with Gasteiger partial charge in [-0.25, -0.2) is 0 Å². The van der Waals surface area contributed by atoms with Crippen LogP contribution in [0.5, 0.6) is 0 Å². The van der Waals surface area contributed by atoms with Gasteiger partial charge in [0.2, 0.25) is 5.91 Å². The lowest BCUT2D eigenvalue weighted by atomic mass is 10.2. The Labute approximate surface area is 119 Å². The van der Waals surface area contributed by atoms with Gasteiger partial charge in [-0.2, -0.15) is 0 Å². The van der Waals surface area contributed by atoms with Gasteiger partial charge >= 0.3 is 0 Å². The van der Waals surface area contributed by atoms with Gasteiger partial charge in [-0.05, 0) is 30.5 Å². The highest BCUT2D eigenvalue weighted by Crippen LogP contribution is 1.95. The van der Waals surface area contributed by atoms with E-state index in [-0.39, 0.29) is 11.8 Å². The standard InChI is InChI=1S/C15H21N3O2/c1-12(2)6-7-14(19)17-9-4-10-18-15(20)13-5-3-8-16-11-13/h3,5-8,11-12H,4,9-10H2,1-2H3,(H,17,19)(H,18,20)/b7-6+. The normalized spacial score (nSPS) is 10.8. The minimum absolute atomic E-state index is 0.0997. The summed E-state index contributed by atoms with van der Waals surface area (Å²) >= 11 is 0. The van der Waals surface area contributed by atoms with Crippen LogP contribution in [0.15, 0.2) is 36.7 Å². The number of amides is 2. The maximum Gasteiger partial charge on any atom is 0.252 e. The molecule has 0 aliphatic heterocycles. The SMILES string of the molecule is CC(C)/C=C/C(=O)NCCCNC(=O)c1cccnc1. The van der Waals surface area contributed by atoms with Crippen molar-refractivity contribution in [1.82, 2.24) is 15.6 Å². The number of hydrogen-bond donors (Lipinski definition) is 2. The lowest BCUT2D eigenvalue weighted by Crippen LogP contribution is -2.29. The van der Waals surface area contributed by atoms with Crippen LogP contribution in [0, 0.1) is 5.92 Å². The Kier molecular flexibility index (Phi) is 7.03. The number of nitrogens with zero attached hydrogens (tertiary/aromatic N) is 1.